The predicted octanol–water partition coefficient (Wildman–Crippen LogP) is 4.06. The average molecular weight is 270 g/mol. The molecule has 0 radical (unpaired) electrons. The van der Waals surface area contributed by atoms with Gasteiger partial charge in [-0.25, -0.2) is 0 Å². The van der Waals surface area contributed by atoms with Gasteiger partial charge in [-0.2, -0.15) is 0 Å². The van der Waals surface area contributed by atoms with E-state index in [9.17, 15) is 0 Å². The van der Waals surface area contributed by atoms with E-state index in [1.54, 1.807) is 0 Å². The number of benzene rings is 1. The Hall–Kier alpha value is -0.340. The van der Waals surface area contributed by atoms with E-state index >= 15 is 0 Å². The molecule has 1 unspecified atom stereocenters. The van der Waals surface area contributed by atoms with Crippen molar-refractivity contribution in [3.8, 4) is 0 Å². The lowest BCUT2D eigenvalue weighted by Gasteiger charge is -2.27. The monoisotopic (exact) mass is 269 g/mol. The molecule has 1 aromatic rings. The second-order valence-electron chi connectivity index (χ2n) is 4.83. The van der Waals surface area contributed by atoms with Gasteiger partial charge >= 0.3 is 0 Å². The first-order valence-electron chi connectivity index (χ1n) is 5.47. The molecule has 1 aromatic carbocycles. The van der Waals surface area contributed by atoms with Crippen LogP contribution < -0.4 is 5.73 Å². The molecule has 0 saturated carbocycles. The van der Waals surface area contributed by atoms with Crippen molar-refractivity contribution in [1.82, 2.24) is 0 Å². The molecule has 0 spiro atoms. The predicted molar refractivity (Wildman–Crippen MR) is 69.8 cm³/mol. The Morgan fingerprint density at radius 2 is 1.93 bits per heavy atom. The van der Waals surface area contributed by atoms with Gasteiger partial charge in [-0.05, 0) is 37.3 Å². The molecule has 0 aliphatic rings. The quantitative estimate of drug-likeness (QED) is 0.877. The molecular formula is C13H20BrN. The van der Waals surface area contributed by atoms with Crippen molar-refractivity contribution in [3.05, 3.63) is 34.3 Å². The van der Waals surface area contributed by atoms with E-state index in [0.717, 1.165) is 17.3 Å². The summed E-state index contributed by atoms with van der Waals surface area (Å²) in [6.07, 6.45) is 2.18. The Morgan fingerprint density at radius 1 is 1.33 bits per heavy atom. The van der Waals surface area contributed by atoms with E-state index < -0.39 is 0 Å². The number of rotatable bonds is 4. The van der Waals surface area contributed by atoms with Gasteiger partial charge in [0.2, 0.25) is 0 Å². The third kappa shape index (κ3) is 3.62. The number of nitrogens with two attached hydrogens (primary N) is 1. The van der Waals surface area contributed by atoms with E-state index in [1.807, 2.05) is 12.1 Å². The van der Waals surface area contributed by atoms with Crippen LogP contribution in [0.15, 0.2) is 28.7 Å². The van der Waals surface area contributed by atoms with Crippen molar-refractivity contribution in [3.63, 3.8) is 0 Å². The van der Waals surface area contributed by atoms with Gasteiger partial charge in [-0.15, -0.1) is 0 Å². The van der Waals surface area contributed by atoms with E-state index in [4.69, 9.17) is 5.73 Å². The fourth-order valence-corrected chi connectivity index (χ4v) is 2.39. The van der Waals surface area contributed by atoms with Crippen LogP contribution in [0.3, 0.4) is 0 Å². The highest BCUT2D eigenvalue weighted by molar-refractivity contribution is 9.10. The Bertz CT molecular complexity index is 318. The maximum atomic E-state index is 6.36. The summed E-state index contributed by atoms with van der Waals surface area (Å²) < 4.78 is 1.11. The minimum atomic E-state index is -0.232. The van der Waals surface area contributed by atoms with Crippen molar-refractivity contribution in [2.24, 2.45) is 11.7 Å². The molecule has 1 nitrogen and oxygen atoms in total. The summed E-state index contributed by atoms with van der Waals surface area (Å²) in [6.45, 7) is 6.57. The normalized spacial score (nSPS) is 15.3. The minimum absolute atomic E-state index is 0.232. The molecule has 84 valence electrons. The molecule has 0 amide bonds. The highest BCUT2D eigenvalue weighted by atomic mass is 79.9. The SMILES string of the molecule is CC(C)CCC(C)(N)c1ccccc1Br. The largest absolute Gasteiger partial charge is 0.322 e. The van der Waals surface area contributed by atoms with Crippen LogP contribution in [-0.2, 0) is 5.54 Å². The summed E-state index contributed by atoms with van der Waals surface area (Å²) in [5, 5.41) is 0. The van der Waals surface area contributed by atoms with Crippen LogP contribution in [0.1, 0.15) is 39.2 Å². The standard InChI is InChI=1S/C13H20BrN/c1-10(2)8-9-13(3,15)11-6-4-5-7-12(11)14/h4-7,10H,8-9,15H2,1-3H3. The zero-order valence-corrected chi connectivity index (χ0v) is 11.3. The van der Waals surface area contributed by atoms with Crippen molar-refractivity contribution in [2.75, 3.05) is 0 Å². The van der Waals surface area contributed by atoms with Gasteiger partial charge in [0.25, 0.3) is 0 Å². The Morgan fingerprint density at radius 3 is 2.47 bits per heavy atom. The molecule has 2 N–H and O–H groups in total. The highest BCUT2D eigenvalue weighted by Crippen LogP contribution is 2.30. The summed E-state index contributed by atoms with van der Waals surface area (Å²) in [6, 6.07) is 8.22. The van der Waals surface area contributed by atoms with Crippen molar-refractivity contribution >= 4 is 15.9 Å². The zero-order chi connectivity index (χ0) is 11.5. The first-order valence-corrected chi connectivity index (χ1v) is 6.26. The molecule has 2 heteroatoms. The summed E-state index contributed by atoms with van der Waals surface area (Å²) in [4.78, 5) is 0. The fourth-order valence-electron chi connectivity index (χ4n) is 1.65. The molecular weight excluding hydrogens is 250 g/mol. The molecule has 0 fully saturated rings. The Balaban J connectivity index is 2.81. The third-order valence-electron chi connectivity index (χ3n) is 2.73. The lowest BCUT2D eigenvalue weighted by molar-refractivity contribution is 0.395. The summed E-state index contributed by atoms with van der Waals surface area (Å²) in [7, 11) is 0. The third-order valence-corrected chi connectivity index (χ3v) is 3.42. The molecule has 0 heterocycles. The highest BCUT2D eigenvalue weighted by Gasteiger charge is 2.23. The smallest absolute Gasteiger partial charge is 0.0392 e. The van der Waals surface area contributed by atoms with E-state index in [0.29, 0.717) is 5.92 Å². The molecule has 0 aliphatic carbocycles. The van der Waals surface area contributed by atoms with Gasteiger partial charge in [0.05, 0.1) is 0 Å². The Labute approximate surface area is 101 Å². The van der Waals surface area contributed by atoms with Crippen LogP contribution in [0.5, 0.6) is 0 Å². The molecule has 0 saturated heterocycles. The van der Waals surface area contributed by atoms with Crippen LogP contribution in [0.2, 0.25) is 0 Å². The van der Waals surface area contributed by atoms with Crippen LogP contribution in [0.25, 0.3) is 0 Å². The number of hydrogen-bond donors (Lipinski definition) is 1. The van der Waals surface area contributed by atoms with Gasteiger partial charge in [0, 0.05) is 10.0 Å². The second kappa shape index (κ2) is 5.13. The summed E-state index contributed by atoms with van der Waals surface area (Å²) >= 11 is 3.56. The number of halogens is 1. The molecule has 0 aromatic heterocycles. The average Bonchev–Trinajstić information content (AvgIpc) is 2.15. The molecule has 15 heavy (non-hydrogen) atoms. The summed E-state index contributed by atoms with van der Waals surface area (Å²) in [5.41, 5.74) is 7.33. The van der Waals surface area contributed by atoms with Crippen molar-refractivity contribution in [2.45, 2.75) is 39.2 Å². The van der Waals surface area contributed by atoms with Crippen LogP contribution in [-0.4, -0.2) is 0 Å². The van der Waals surface area contributed by atoms with Gasteiger partial charge in [-0.3, -0.25) is 0 Å². The van der Waals surface area contributed by atoms with Gasteiger partial charge in [0.15, 0.2) is 0 Å². The molecule has 0 aliphatic heterocycles. The van der Waals surface area contributed by atoms with E-state index in [-0.39, 0.29) is 5.54 Å². The van der Waals surface area contributed by atoms with Gasteiger partial charge in [0.1, 0.15) is 0 Å². The van der Waals surface area contributed by atoms with Gasteiger partial charge < -0.3 is 5.73 Å². The van der Waals surface area contributed by atoms with Crippen molar-refractivity contribution in [1.29, 1.82) is 0 Å². The topological polar surface area (TPSA) is 26.0 Å². The van der Waals surface area contributed by atoms with Crippen LogP contribution >= 0.6 is 15.9 Å². The van der Waals surface area contributed by atoms with Crippen molar-refractivity contribution < 1.29 is 0 Å². The maximum absolute atomic E-state index is 6.36. The lowest BCUT2D eigenvalue weighted by atomic mass is 9.86. The molecule has 1 atom stereocenters. The zero-order valence-electron chi connectivity index (χ0n) is 9.76. The summed E-state index contributed by atoms with van der Waals surface area (Å²) in [5.74, 6) is 0.704. The van der Waals surface area contributed by atoms with E-state index in [1.165, 1.54) is 5.56 Å². The van der Waals surface area contributed by atoms with Crippen LogP contribution in [0, 0.1) is 5.92 Å². The minimum Gasteiger partial charge on any atom is -0.322 e. The first-order chi connectivity index (χ1) is 6.93. The molecule has 1 rings (SSSR count). The Kier molecular flexibility index (Phi) is 4.35. The van der Waals surface area contributed by atoms with E-state index in [2.05, 4.69) is 48.8 Å². The lowest BCUT2D eigenvalue weighted by Crippen LogP contribution is -2.33. The number of hydrogen-bond acceptors (Lipinski definition) is 1. The van der Waals surface area contributed by atoms with Crippen LogP contribution in [0.4, 0.5) is 0 Å². The fraction of sp³-hybridized carbons (Fsp3) is 0.538. The second-order valence-corrected chi connectivity index (χ2v) is 5.68. The van der Waals surface area contributed by atoms with Gasteiger partial charge in [-0.1, -0.05) is 48.0 Å². The first kappa shape index (κ1) is 12.7. The molecule has 0 bridgehead atoms. The maximum Gasteiger partial charge on any atom is 0.0392 e.